The van der Waals surface area contributed by atoms with Gasteiger partial charge in [0.25, 0.3) is 0 Å². The molecular formula is C63H50. The second kappa shape index (κ2) is 13.5. The second-order valence-electron chi connectivity index (χ2n) is 20.0. The highest BCUT2D eigenvalue weighted by atomic mass is 14.6. The van der Waals surface area contributed by atoms with Crippen molar-refractivity contribution in [3.63, 3.8) is 0 Å². The third-order valence-electron chi connectivity index (χ3n) is 14.7. The first kappa shape index (κ1) is 37.7. The number of fused-ring (bicyclic) bond motifs is 13. The van der Waals surface area contributed by atoms with Crippen LogP contribution in [-0.4, -0.2) is 0 Å². The summed E-state index contributed by atoms with van der Waals surface area (Å²) in [4.78, 5) is 0. The molecule has 0 aromatic heterocycles. The zero-order chi connectivity index (χ0) is 42.8. The summed E-state index contributed by atoms with van der Waals surface area (Å²) in [7, 11) is 0. The lowest BCUT2D eigenvalue weighted by Crippen LogP contribution is -2.50. The Morgan fingerprint density at radius 3 is 1.29 bits per heavy atom. The van der Waals surface area contributed by atoms with Crippen LogP contribution in [0.15, 0.2) is 194 Å². The van der Waals surface area contributed by atoms with Crippen molar-refractivity contribution in [3.05, 3.63) is 205 Å². The molecule has 0 saturated heterocycles. The molecule has 0 aliphatic heterocycles. The maximum Gasteiger partial charge on any atom is 0.0324 e. The molecule has 0 amide bonds. The zero-order valence-corrected chi connectivity index (χ0v) is 37.0. The summed E-state index contributed by atoms with van der Waals surface area (Å²) in [6, 6.07) is 73.3. The summed E-state index contributed by atoms with van der Waals surface area (Å²) in [5, 5.41) is 15.6. The van der Waals surface area contributed by atoms with Gasteiger partial charge in [-0.3, -0.25) is 0 Å². The third-order valence-corrected chi connectivity index (χ3v) is 14.7. The van der Waals surface area contributed by atoms with E-state index in [-0.39, 0.29) is 16.2 Å². The van der Waals surface area contributed by atoms with Gasteiger partial charge in [-0.2, -0.15) is 0 Å². The first-order valence-corrected chi connectivity index (χ1v) is 22.6. The van der Waals surface area contributed by atoms with Gasteiger partial charge in [-0.05, 0) is 149 Å². The monoisotopic (exact) mass is 806 g/mol. The summed E-state index contributed by atoms with van der Waals surface area (Å²) in [6.07, 6.45) is 0. The molecule has 0 saturated carbocycles. The third kappa shape index (κ3) is 5.22. The molecular weight excluding hydrogens is 757 g/mol. The van der Waals surface area contributed by atoms with Gasteiger partial charge >= 0.3 is 0 Å². The standard InChI is InChI=1S/C63H50/c1-61(2,3)63(62(4,5)6)59-52-32-17-11-26-46(52)54(38-55(59)58-47-27-12-9-24-44(47)45-25-10-18-33-53(45)60(58)63)57-50-30-15-13-28-48(50)56(49-29-14-16-31-51(49)57)43-23-19-22-41(37-43)42-35-34-39-20-7-8-21-40(39)36-42/h7-38H,1-6H3. The quantitative estimate of drug-likeness (QED) is 0.123. The summed E-state index contributed by atoms with van der Waals surface area (Å²) in [6.45, 7) is 14.9. The lowest BCUT2D eigenvalue weighted by Gasteiger charge is -2.54. The minimum atomic E-state index is -0.323. The van der Waals surface area contributed by atoms with E-state index >= 15 is 0 Å². The number of hydrogen-bond donors (Lipinski definition) is 0. The molecule has 0 fully saturated rings. The summed E-state index contributed by atoms with van der Waals surface area (Å²) in [5.41, 5.74) is 12.7. The lowest BCUT2D eigenvalue weighted by atomic mass is 9.49. The van der Waals surface area contributed by atoms with Crippen molar-refractivity contribution in [2.24, 2.45) is 10.8 Å². The fourth-order valence-electron chi connectivity index (χ4n) is 12.7. The van der Waals surface area contributed by atoms with Gasteiger partial charge in [-0.25, -0.2) is 0 Å². The highest BCUT2D eigenvalue weighted by Crippen LogP contribution is 2.69. The Balaban J connectivity index is 1.21. The average molecular weight is 807 g/mol. The van der Waals surface area contributed by atoms with Crippen molar-refractivity contribution in [2.45, 2.75) is 47.0 Å². The normalized spacial score (nSPS) is 13.7. The van der Waals surface area contributed by atoms with Crippen molar-refractivity contribution in [1.29, 1.82) is 0 Å². The van der Waals surface area contributed by atoms with Crippen LogP contribution in [0.2, 0.25) is 0 Å². The fraction of sp³-hybridized carbons (Fsp3) is 0.143. The molecule has 0 spiro atoms. The fourth-order valence-corrected chi connectivity index (χ4v) is 12.7. The topological polar surface area (TPSA) is 0 Å². The average Bonchev–Trinajstić information content (AvgIpc) is 3.64. The van der Waals surface area contributed by atoms with Crippen LogP contribution in [0.4, 0.5) is 0 Å². The van der Waals surface area contributed by atoms with E-state index in [1.165, 1.54) is 120 Å². The molecule has 63 heavy (non-hydrogen) atoms. The minimum Gasteiger partial charge on any atom is -0.0616 e. The molecule has 0 atom stereocenters. The molecule has 1 aliphatic carbocycles. The van der Waals surface area contributed by atoms with Gasteiger partial charge in [-0.1, -0.05) is 217 Å². The van der Waals surface area contributed by atoms with Crippen LogP contribution in [0.25, 0.3) is 109 Å². The Labute approximate surface area is 370 Å². The highest BCUT2D eigenvalue weighted by Gasteiger charge is 2.59. The van der Waals surface area contributed by atoms with E-state index in [0.29, 0.717) is 0 Å². The molecule has 0 heterocycles. The first-order valence-electron chi connectivity index (χ1n) is 22.6. The van der Waals surface area contributed by atoms with Crippen LogP contribution < -0.4 is 0 Å². The van der Waals surface area contributed by atoms with Crippen LogP contribution in [0.1, 0.15) is 52.7 Å². The van der Waals surface area contributed by atoms with Crippen LogP contribution in [0.5, 0.6) is 0 Å². The van der Waals surface area contributed by atoms with Crippen LogP contribution in [-0.2, 0) is 5.41 Å². The Hall–Kier alpha value is -7.02. The van der Waals surface area contributed by atoms with Crippen molar-refractivity contribution in [1.82, 2.24) is 0 Å². The van der Waals surface area contributed by atoms with E-state index in [1.807, 2.05) is 0 Å². The van der Waals surface area contributed by atoms with Crippen molar-refractivity contribution >= 4 is 64.6 Å². The molecule has 302 valence electrons. The SMILES string of the molecule is CC(C)(C)C1(C(C)(C)C)c2c(cc(-c3c4ccccc4c(-c4cccc(-c5ccc6ccccc6c5)c4)c4ccccc34)c3ccccc23)-c2c1c1ccccc1c1ccccc21. The Bertz CT molecular complexity index is 3620. The molecule has 11 aromatic rings. The Kier molecular flexibility index (Phi) is 8.08. The molecule has 0 radical (unpaired) electrons. The molecule has 0 heteroatoms. The number of benzene rings is 11. The van der Waals surface area contributed by atoms with Gasteiger partial charge in [0.05, 0.1) is 0 Å². The largest absolute Gasteiger partial charge is 0.0616 e. The van der Waals surface area contributed by atoms with Gasteiger partial charge in [0.15, 0.2) is 0 Å². The van der Waals surface area contributed by atoms with Crippen molar-refractivity contribution < 1.29 is 0 Å². The summed E-state index contributed by atoms with van der Waals surface area (Å²) in [5.74, 6) is 0. The van der Waals surface area contributed by atoms with E-state index in [0.717, 1.165) is 0 Å². The number of hydrogen-bond acceptors (Lipinski definition) is 0. The van der Waals surface area contributed by atoms with E-state index < -0.39 is 0 Å². The molecule has 0 nitrogen and oxygen atoms in total. The second-order valence-corrected chi connectivity index (χ2v) is 20.0. The van der Waals surface area contributed by atoms with Gasteiger partial charge in [0.2, 0.25) is 0 Å². The molecule has 0 bridgehead atoms. The van der Waals surface area contributed by atoms with Gasteiger partial charge in [-0.15, -0.1) is 0 Å². The van der Waals surface area contributed by atoms with Gasteiger partial charge in [0.1, 0.15) is 0 Å². The van der Waals surface area contributed by atoms with Crippen molar-refractivity contribution in [2.75, 3.05) is 0 Å². The van der Waals surface area contributed by atoms with Crippen LogP contribution in [0.3, 0.4) is 0 Å². The van der Waals surface area contributed by atoms with E-state index in [9.17, 15) is 0 Å². The molecule has 1 aliphatic rings. The van der Waals surface area contributed by atoms with E-state index in [2.05, 4.69) is 236 Å². The first-order chi connectivity index (χ1) is 30.6. The minimum absolute atomic E-state index is 0.136. The lowest BCUT2D eigenvalue weighted by molar-refractivity contribution is 0.0977. The molecule has 0 unspecified atom stereocenters. The van der Waals surface area contributed by atoms with Gasteiger partial charge in [0, 0.05) is 5.41 Å². The summed E-state index contributed by atoms with van der Waals surface area (Å²) >= 11 is 0. The van der Waals surface area contributed by atoms with Crippen LogP contribution in [0, 0.1) is 10.8 Å². The van der Waals surface area contributed by atoms with E-state index in [4.69, 9.17) is 0 Å². The maximum absolute atomic E-state index is 2.62. The predicted molar refractivity (Wildman–Crippen MR) is 273 cm³/mol. The van der Waals surface area contributed by atoms with E-state index in [1.54, 1.807) is 0 Å². The van der Waals surface area contributed by atoms with Crippen LogP contribution >= 0.6 is 0 Å². The summed E-state index contributed by atoms with van der Waals surface area (Å²) < 4.78 is 0. The smallest absolute Gasteiger partial charge is 0.0324 e. The zero-order valence-electron chi connectivity index (χ0n) is 37.0. The predicted octanol–water partition coefficient (Wildman–Crippen LogP) is 18.0. The van der Waals surface area contributed by atoms with Crippen molar-refractivity contribution in [3.8, 4) is 44.5 Å². The Morgan fingerprint density at radius 1 is 0.270 bits per heavy atom. The Morgan fingerprint density at radius 2 is 0.698 bits per heavy atom. The highest BCUT2D eigenvalue weighted by molar-refractivity contribution is 6.26. The molecule has 0 N–H and O–H groups in total. The molecule has 12 rings (SSSR count). The molecule has 11 aromatic carbocycles. The number of rotatable bonds is 3. The van der Waals surface area contributed by atoms with Gasteiger partial charge < -0.3 is 0 Å². The maximum atomic E-state index is 2.62.